The zero-order valence-electron chi connectivity index (χ0n) is 21.4. The summed E-state index contributed by atoms with van der Waals surface area (Å²) in [5.41, 5.74) is -6.87. The van der Waals surface area contributed by atoms with Crippen LogP contribution in [0, 0.1) is 5.82 Å². The van der Waals surface area contributed by atoms with Gasteiger partial charge in [-0.05, 0) is 25.1 Å². The zero-order valence-corrected chi connectivity index (χ0v) is 21.4. The molecule has 0 saturated heterocycles. The molecule has 210 valence electrons. The van der Waals surface area contributed by atoms with E-state index in [0.717, 1.165) is 41.8 Å². The Hall–Kier alpha value is -4.29. The van der Waals surface area contributed by atoms with Gasteiger partial charge in [0.05, 0.1) is 12.7 Å². The second-order valence-corrected chi connectivity index (χ2v) is 8.90. The normalized spacial score (nSPS) is 17.1. The number of fused-ring (bicyclic) bond motifs is 1. The fraction of sp³-hybridized carbons (Fsp3) is 0.241. The second kappa shape index (κ2) is 12.7. The van der Waals surface area contributed by atoms with Crippen LogP contribution in [0.2, 0.25) is 0 Å². The van der Waals surface area contributed by atoms with Crippen LogP contribution in [0.5, 0.6) is 0 Å². The predicted octanol–water partition coefficient (Wildman–Crippen LogP) is 2.04. The molecular weight excluding hydrogens is 525 g/mol. The Morgan fingerprint density at radius 3 is 1.73 bits per heavy atom. The number of aliphatic carboxylic acids is 2. The lowest BCUT2D eigenvalue weighted by Gasteiger charge is -2.34. The first-order valence-electron chi connectivity index (χ1n) is 12.1. The van der Waals surface area contributed by atoms with Crippen molar-refractivity contribution in [3.05, 3.63) is 107 Å². The molecule has 0 aliphatic carbocycles. The summed E-state index contributed by atoms with van der Waals surface area (Å²) in [6.45, 7) is 1.34. The van der Waals surface area contributed by atoms with Crippen molar-refractivity contribution >= 4 is 23.5 Å². The summed E-state index contributed by atoms with van der Waals surface area (Å²) >= 11 is 0. The molecule has 11 heteroatoms. The summed E-state index contributed by atoms with van der Waals surface area (Å²) in [5.74, 6) is -8.18. The molecule has 0 amide bonds. The van der Waals surface area contributed by atoms with Gasteiger partial charge in [-0.2, -0.15) is 0 Å². The average molecular weight is 554 g/mol. The van der Waals surface area contributed by atoms with Crippen LogP contribution >= 0.6 is 0 Å². The number of carbonyl (C=O) groups is 4. The lowest BCUT2D eigenvalue weighted by atomic mass is 9.73. The molecule has 10 nitrogen and oxygen atoms in total. The number of ketones is 2. The molecule has 4 rings (SSSR count). The number of hydrogen-bond acceptors (Lipinski definition) is 8. The third-order valence-corrected chi connectivity index (χ3v) is 6.42. The van der Waals surface area contributed by atoms with Crippen LogP contribution in [0.3, 0.4) is 0 Å². The summed E-state index contributed by atoms with van der Waals surface area (Å²) in [7, 11) is 1.85. The maximum absolute atomic E-state index is 13.5. The molecular formula is C29H28FNO9. The van der Waals surface area contributed by atoms with E-state index in [1.54, 1.807) is 6.07 Å². The fourth-order valence-corrected chi connectivity index (χ4v) is 4.33. The lowest BCUT2D eigenvalue weighted by Crippen LogP contribution is -2.71. The van der Waals surface area contributed by atoms with Gasteiger partial charge in [-0.1, -0.05) is 72.8 Å². The van der Waals surface area contributed by atoms with Crippen molar-refractivity contribution in [1.29, 1.82) is 0 Å². The first kappa shape index (κ1) is 30.3. The number of ether oxygens (including phenoxy) is 1. The van der Waals surface area contributed by atoms with Crippen molar-refractivity contribution in [1.82, 2.24) is 5.32 Å². The van der Waals surface area contributed by atoms with Gasteiger partial charge in [-0.3, -0.25) is 9.59 Å². The molecule has 1 aliphatic rings. The number of nitrogens with one attached hydrogen (secondary N) is 1. The molecule has 3 aromatic carbocycles. The molecule has 0 fully saturated rings. The first-order chi connectivity index (χ1) is 19.0. The Morgan fingerprint density at radius 2 is 1.30 bits per heavy atom. The predicted molar refractivity (Wildman–Crippen MR) is 139 cm³/mol. The highest BCUT2D eigenvalue weighted by atomic mass is 19.1. The molecule has 0 bridgehead atoms. The van der Waals surface area contributed by atoms with Crippen molar-refractivity contribution in [3.63, 3.8) is 0 Å². The molecule has 5 N–H and O–H groups in total. The van der Waals surface area contributed by atoms with Gasteiger partial charge in [0, 0.05) is 23.2 Å². The molecule has 1 heterocycles. The Bertz CT molecular complexity index is 1310. The van der Waals surface area contributed by atoms with E-state index in [2.05, 4.69) is 5.32 Å². The minimum Gasteiger partial charge on any atom is -0.479 e. The Balaban J connectivity index is 0.000000263. The molecule has 3 unspecified atom stereocenters. The third-order valence-electron chi connectivity index (χ3n) is 6.42. The number of carboxylic acid groups (broad SMARTS) is 2. The molecule has 1 aliphatic heterocycles. The van der Waals surface area contributed by atoms with Crippen LogP contribution in [0.1, 0.15) is 37.9 Å². The minimum atomic E-state index is -3.95. The van der Waals surface area contributed by atoms with Crippen LogP contribution in [0.4, 0.5) is 4.39 Å². The minimum absolute atomic E-state index is 0.134. The van der Waals surface area contributed by atoms with E-state index in [4.69, 9.17) is 4.74 Å². The van der Waals surface area contributed by atoms with E-state index in [0.29, 0.717) is 13.2 Å². The highest BCUT2D eigenvalue weighted by Gasteiger charge is 2.69. The average Bonchev–Trinajstić information content (AvgIpc) is 2.97. The largest absolute Gasteiger partial charge is 0.479 e. The topological polar surface area (TPSA) is 170 Å². The zero-order chi connectivity index (χ0) is 29.5. The number of rotatable bonds is 9. The van der Waals surface area contributed by atoms with Crippen LogP contribution in [0.15, 0.2) is 78.9 Å². The van der Waals surface area contributed by atoms with Gasteiger partial charge in [0.15, 0.2) is 0 Å². The number of aliphatic hydroxyl groups is 2. The van der Waals surface area contributed by atoms with Crippen molar-refractivity contribution in [2.75, 3.05) is 20.2 Å². The summed E-state index contributed by atoms with van der Waals surface area (Å²) < 4.78 is 19.1. The van der Waals surface area contributed by atoms with Crippen LogP contribution in [-0.2, 0) is 20.7 Å². The number of benzene rings is 3. The van der Waals surface area contributed by atoms with Gasteiger partial charge < -0.3 is 30.5 Å². The quantitative estimate of drug-likeness (QED) is 0.195. The first-order valence-corrected chi connectivity index (χ1v) is 12.1. The molecule has 40 heavy (non-hydrogen) atoms. The number of likely N-dealkylation sites (N-methyl/N-ethyl adjacent to an activating group) is 1. The van der Waals surface area contributed by atoms with Crippen LogP contribution in [-0.4, -0.2) is 75.3 Å². The van der Waals surface area contributed by atoms with Crippen molar-refractivity contribution in [3.8, 4) is 0 Å². The second-order valence-electron chi connectivity index (χ2n) is 8.90. The number of carboxylic acids is 2. The van der Waals surface area contributed by atoms with Gasteiger partial charge in [0.2, 0.25) is 11.6 Å². The number of halogens is 1. The Labute approximate surface area is 228 Å². The van der Waals surface area contributed by atoms with Crippen LogP contribution in [0.25, 0.3) is 0 Å². The van der Waals surface area contributed by atoms with Gasteiger partial charge in [0.25, 0.3) is 11.2 Å². The maximum Gasteiger partial charge on any atom is 0.348 e. The van der Waals surface area contributed by atoms with Crippen molar-refractivity contribution in [2.45, 2.75) is 23.7 Å². The van der Waals surface area contributed by atoms with Gasteiger partial charge in [0.1, 0.15) is 5.82 Å². The molecule has 0 spiro atoms. The lowest BCUT2D eigenvalue weighted by molar-refractivity contribution is -0.187. The summed E-state index contributed by atoms with van der Waals surface area (Å²) in [6.07, 6.45) is 0.678. The summed E-state index contributed by atoms with van der Waals surface area (Å²) in [4.78, 5) is 48.5. The number of hydrogen-bond donors (Lipinski definition) is 5. The molecule has 3 atom stereocenters. The van der Waals surface area contributed by atoms with E-state index < -0.39 is 45.8 Å². The SMILES string of the molecule is CNCC1OCCc2cccc(F)c21.O=C(O)C(O)(C(=O)c1ccccc1)C(O)(C(=O)O)C(=O)c1ccccc1. The monoisotopic (exact) mass is 553 g/mol. The molecule has 0 radical (unpaired) electrons. The van der Waals surface area contributed by atoms with E-state index in [9.17, 15) is 44.0 Å². The fourth-order valence-electron chi connectivity index (χ4n) is 4.33. The van der Waals surface area contributed by atoms with Gasteiger partial charge >= 0.3 is 11.9 Å². The highest BCUT2D eigenvalue weighted by molar-refractivity contribution is 6.28. The number of carbonyl (C=O) groups excluding carboxylic acids is 2. The maximum atomic E-state index is 13.5. The molecule has 0 saturated carbocycles. The van der Waals surface area contributed by atoms with Crippen LogP contribution < -0.4 is 5.32 Å². The van der Waals surface area contributed by atoms with E-state index in [1.165, 1.54) is 42.5 Å². The van der Waals surface area contributed by atoms with Crippen molar-refractivity contribution < 1.29 is 48.7 Å². The number of Topliss-reactive ketones (excluding diaryl/α,β-unsaturated/α-hetero) is 2. The third kappa shape index (κ3) is 5.68. The highest BCUT2D eigenvalue weighted by Crippen LogP contribution is 2.32. The Morgan fingerprint density at radius 1 is 0.825 bits per heavy atom. The standard InChI is InChI=1S/C18H14O8.C11H14FNO/c19-13(11-7-3-1-4-8-11)17(25,15(21)22)18(26,16(23)24)14(20)12-9-5-2-6-10-12;1-13-7-10-11-8(5-6-14-10)3-2-4-9(11)12/h1-10,25-26H,(H,21,22)(H,23,24);2-4,10,13H,5-7H2,1H3. The summed E-state index contributed by atoms with van der Waals surface area (Å²) in [5, 5.41) is 42.9. The van der Waals surface area contributed by atoms with E-state index >= 15 is 0 Å². The van der Waals surface area contributed by atoms with E-state index in [1.807, 2.05) is 13.1 Å². The summed E-state index contributed by atoms with van der Waals surface area (Å²) in [6, 6.07) is 18.1. The van der Waals surface area contributed by atoms with Crippen molar-refractivity contribution in [2.24, 2.45) is 0 Å². The Kier molecular flexibility index (Phi) is 9.61. The van der Waals surface area contributed by atoms with Gasteiger partial charge in [-0.15, -0.1) is 0 Å². The molecule has 0 aromatic heterocycles. The smallest absolute Gasteiger partial charge is 0.348 e. The molecule has 3 aromatic rings. The van der Waals surface area contributed by atoms with Gasteiger partial charge in [-0.25, -0.2) is 14.0 Å². The van der Waals surface area contributed by atoms with E-state index in [-0.39, 0.29) is 11.9 Å².